The lowest BCUT2D eigenvalue weighted by Gasteiger charge is -2.32. The van der Waals surface area contributed by atoms with E-state index in [9.17, 15) is 0 Å². The molecular weight excluding hydrogens is 485 g/mol. The van der Waals surface area contributed by atoms with Gasteiger partial charge in [0.15, 0.2) is 5.96 Å². The van der Waals surface area contributed by atoms with Gasteiger partial charge in [-0.05, 0) is 52.9 Å². The molecule has 3 rings (SSSR count). The van der Waals surface area contributed by atoms with Crippen LogP contribution in [0.2, 0.25) is 0 Å². The first kappa shape index (κ1) is 22.9. The molecule has 1 saturated heterocycles. The fourth-order valence-corrected chi connectivity index (χ4v) is 3.88. The Hall–Kier alpha value is -1.39. The molecule has 1 aliphatic rings. The molecule has 2 aromatic rings. The molecule has 0 radical (unpaired) electrons. The minimum atomic E-state index is 0. The summed E-state index contributed by atoms with van der Waals surface area (Å²) in [6.45, 7) is 8.41. The van der Waals surface area contributed by atoms with E-state index in [1.807, 2.05) is 12.3 Å². The number of morpholine rings is 1. The second kappa shape index (κ2) is 11.6. The first-order chi connectivity index (χ1) is 13.2. The van der Waals surface area contributed by atoms with Crippen LogP contribution in [0.3, 0.4) is 0 Å². The fourth-order valence-electron chi connectivity index (χ4n) is 3.10. The zero-order chi connectivity index (χ0) is 19.1. The van der Waals surface area contributed by atoms with Crippen LogP contribution in [0.4, 0.5) is 5.82 Å². The van der Waals surface area contributed by atoms with Crippen LogP contribution in [0, 0.1) is 0 Å². The largest absolute Gasteiger partial charge is 0.375 e. The Kier molecular flexibility index (Phi) is 9.46. The molecule has 0 aromatic carbocycles. The van der Waals surface area contributed by atoms with Gasteiger partial charge in [-0.1, -0.05) is 6.92 Å². The number of guanidine groups is 1. The molecule has 2 aromatic heterocycles. The highest BCUT2D eigenvalue weighted by atomic mass is 127. The first-order valence-corrected chi connectivity index (χ1v) is 10.4. The zero-order valence-electron chi connectivity index (χ0n) is 16.7. The summed E-state index contributed by atoms with van der Waals surface area (Å²) in [5, 5.41) is 11.1. The molecule has 2 unspecified atom stereocenters. The van der Waals surface area contributed by atoms with E-state index in [2.05, 4.69) is 62.3 Å². The van der Waals surface area contributed by atoms with E-state index in [4.69, 9.17) is 4.74 Å². The van der Waals surface area contributed by atoms with Crippen LogP contribution in [0.15, 0.2) is 40.1 Å². The van der Waals surface area contributed by atoms with Crippen molar-refractivity contribution in [2.45, 2.75) is 32.4 Å². The van der Waals surface area contributed by atoms with E-state index >= 15 is 0 Å². The molecule has 3 heterocycles. The van der Waals surface area contributed by atoms with Crippen molar-refractivity contribution in [3.8, 4) is 0 Å². The van der Waals surface area contributed by atoms with Crippen molar-refractivity contribution in [2.24, 2.45) is 4.99 Å². The second-order valence-electron chi connectivity index (χ2n) is 6.91. The number of anilines is 1. The number of aliphatic imine (C=N–C) groups is 1. The van der Waals surface area contributed by atoms with Crippen LogP contribution in [-0.2, 0) is 11.3 Å². The summed E-state index contributed by atoms with van der Waals surface area (Å²) < 4.78 is 5.62. The predicted octanol–water partition coefficient (Wildman–Crippen LogP) is 3.45. The van der Waals surface area contributed by atoms with Gasteiger partial charge in [-0.3, -0.25) is 4.99 Å². The van der Waals surface area contributed by atoms with Gasteiger partial charge in [0, 0.05) is 39.4 Å². The van der Waals surface area contributed by atoms with E-state index in [0.29, 0.717) is 12.5 Å². The van der Waals surface area contributed by atoms with Crippen LogP contribution in [0.25, 0.3) is 0 Å². The van der Waals surface area contributed by atoms with Crippen molar-refractivity contribution >= 4 is 47.1 Å². The molecule has 1 aliphatic heterocycles. The summed E-state index contributed by atoms with van der Waals surface area (Å²) >= 11 is 1.74. The van der Waals surface area contributed by atoms with Crippen molar-refractivity contribution < 1.29 is 4.74 Å². The summed E-state index contributed by atoms with van der Waals surface area (Å²) in [5.74, 6) is 2.28. The first-order valence-electron chi connectivity index (χ1n) is 9.44. The topological polar surface area (TPSA) is 61.8 Å². The molecule has 8 heteroatoms. The van der Waals surface area contributed by atoms with Crippen LogP contribution in [-0.4, -0.2) is 50.3 Å². The Morgan fingerprint density at radius 3 is 3.00 bits per heavy atom. The summed E-state index contributed by atoms with van der Waals surface area (Å²) in [7, 11) is 1.80. The molecule has 0 bridgehead atoms. The average Bonchev–Trinajstić information content (AvgIpc) is 3.23. The molecule has 0 spiro atoms. The third-order valence-electron chi connectivity index (χ3n) is 4.75. The molecule has 2 atom stereocenters. The van der Waals surface area contributed by atoms with Gasteiger partial charge in [-0.2, -0.15) is 11.3 Å². The number of rotatable bonds is 6. The van der Waals surface area contributed by atoms with Crippen LogP contribution < -0.4 is 15.5 Å². The van der Waals surface area contributed by atoms with E-state index < -0.39 is 0 Å². The molecule has 0 amide bonds. The average molecular weight is 515 g/mol. The number of hydrogen-bond donors (Lipinski definition) is 2. The van der Waals surface area contributed by atoms with Crippen molar-refractivity contribution in [3.05, 3.63) is 46.3 Å². The Bertz CT molecular complexity index is 740. The van der Waals surface area contributed by atoms with Gasteiger partial charge in [0.05, 0.1) is 12.7 Å². The van der Waals surface area contributed by atoms with E-state index in [1.165, 1.54) is 11.1 Å². The van der Waals surface area contributed by atoms with E-state index in [0.717, 1.165) is 38.0 Å². The lowest BCUT2D eigenvalue weighted by atomic mass is 10.1. The highest BCUT2D eigenvalue weighted by molar-refractivity contribution is 14.0. The Morgan fingerprint density at radius 1 is 1.43 bits per heavy atom. The lowest BCUT2D eigenvalue weighted by Crippen LogP contribution is -2.41. The van der Waals surface area contributed by atoms with E-state index in [-0.39, 0.29) is 30.1 Å². The molecule has 28 heavy (non-hydrogen) atoms. The zero-order valence-corrected chi connectivity index (χ0v) is 19.9. The SMILES string of the molecule is CN=C(NCc1ccnc(N2CCOC(C)C2)c1)NCC(C)c1ccsc1.I. The van der Waals surface area contributed by atoms with Crippen molar-refractivity contribution in [1.29, 1.82) is 0 Å². The number of nitrogens with one attached hydrogen (secondary N) is 2. The maximum Gasteiger partial charge on any atom is 0.191 e. The Labute approximate surface area is 188 Å². The molecule has 6 nitrogen and oxygen atoms in total. The quantitative estimate of drug-likeness (QED) is 0.351. The number of aromatic nitrogens is 1. The fraction of sp³-hybridized carbons (Fsp3) is 0.500. The minimum Gasteiger partial charge on any atom is -0.375 e. The van der Waals surface area contributed by atoms with Crippen LogP contribution in [0.5, 0.6) is 0 Å². The molecule has 2 N–H and O–H groups in total. The van der Waals surface area contributed by atoms with Gasteiger partial charge < -0.3 is 20.3 Å². The van der Waals surface area contributed by atoms with Crippen LogP contribution in [0.1, 0.15) is 30.9 Å². The molecule has 1 fully saturated rings. The summed E-state index contributed by atoms with van der Waals surface area (Å²) in [6.07, 6.45) is 2.12. The summed E-state index contributed by atoms with van der Waals surface area (Å²) in [4.78, 5) is 11.1. The standard InChI is InChI=1S/C20H29N5OS.HI/c1-15(18-5-9-27-14-18)11-23-20(21-3)24-12-17-4-6-22-19(10-17)25-7-8-26-16(2)13-25;/h4-6,9-10,14-16H,7-8,11-13H2,1-3H3,(H2,21,23,24);1H. The smallest absolute Gasteiger partial charge is 0.191 e. The molecule has 0 aliphatic carbocycles. The minimum absolute atomic E-state index is 0. The van der Waals surface area contributed by atoms with Crippen LogP contribution >= 0.6 is 35.3 Å². The van der Waals surface area contributed by atoms with Gasteiger partial charge in [-0.15, -0.1) is 24.0 Å². The van der Waals surface area contributed by atoms with Gasteiger partial charge in [0.25, 0.3) is 0 Å². The molecule has 154 valence electrons. The molecule has 0 saturated carbocycles. The number of pyridine rings is 1. The number of halogens is 1. The Balaban J connectivity index is 0.00000280. The van der Waals surface area contributed by atoms with Gasteiger partial charge in [-0.25, -0.2) is 4.98 Å². The Morgan fingerprint density at radius 2 is 2.29 bits per heavy atom. The predicted molar refractivity (Wildman–Crippen MR) is 128 cm³/mol. The third kappa shape index (κ3) is 6.59. The monoisotopic (exact) mass is 515 g/mol. The third-order valence-corrected chi connectivity index (χ3v) is 5.45. The normalized spacial score (nSPS) is 18.3. The van der Waals surface area contributed by atoms with Gasteiger partial charge in [0.2, 0.25) is 0 Å². The number of thiophene rings is 1. The maximum atomic E-state index is 5.62. The summed E-state index contributed by atoms with van der Waals surface area (Å²) in [5.41, 5.74) is 2.55. The second-order valence-corrected chi connectivity index (χ2v) is 7.69. The number of nitrogens with zero attached hydrogens (tertiary/aromatic N) is 3. The number of ether oxygens (including phenoxy) is 1. The highest BCUT2D eigenvalue weighted by Gasteiger charge is 2.18. The maximum absolute atomic E-state index is 5.62. The van der Waals surface area contributed by atoms with Crippen molar-refractivity contribution in [2.75, 3.05) is 38.2 Å². The van der Waals surface area contributed by atoms with Gasteiger partial charge >= 0.3 is 0 Å². The van der Waals surface area contributed by atoms with Gasteiger partial charge in [0.1, 0.15) is 5.82 Å². The van der Waals surface area contributed by atoms with Crippen molar-refractivity contribution in [3.63, 3.8) is 0 Å². The summed E-state index contributed by atoms with van der Waals surface area (Å²) in [6, 6.07) is 6.37. The number of hydrogen-bond acceptors (Lipinski definition) is 5. The highest BCUT2D eigenvalue weighted by Crippen LogP contribution is 2.18. The lowest BCUT2D eigenvalue weighted by molar-refractivity contribution is 0.0529. The van der Waals surface area contributed by atoms with E-state index in [1.54, 1.807) is 18.4 Å². The molecular formula is C20H30IN5OS. The van der Waals surface area contributed by atoms with Crippen molar-refractivity contribution in [1.82, 2.24) is 15.6 Å².